The maximum atomic E-state index is 13.4. The number of nitrogens with zero attached hydrogens (tertiary/aromatic N) is 1. The fourth-order valence-corrected chi connectivity index (χ4v) is 2.94. The van der Waals surface area contributed by atoms with Crippen molar-refractivity contribution in [3.8, 4) is 0 Å². The first-order valence-corrected chi connectivity index (χ1v) is 7.01. The highest BCUT2D eigenvalue weighted by atomic mass is 19.1. The molecule has 0 amide bonds. The Morgan fingerprint density at radius 3 is 2.80 bits per heavy atom. The molecular formula is C17H19FN2. The van der Waals surface area contributed by atoms with Crippen LogP contribution >= 0.6 is 0 Å². The van der Waals surface area contributed by atoms with E-state index in [9.17, 15) is 4.39 Å². The zero-order chi connectivity index (χ0) is 14.1. The molecule has 0 spiro atoms. The van der Waals surface area contributed by atoms with Gasteiger partial charge in [-0.15, -0.1) is 0 Å². The van der Waals surface area contributed by atoms with Gasteiger partial charge in [-0.1, -0.05) is 24.3 Å². The largest absolute Gasteiger partial charge is 0.398 e. The average molecular weight is 270 g/mol. The summed E-state index contributed by atoms with van der Waals surface area (Å²) in [5, 5.41) is 0. The van der Waals surface area contributed by atoms with Crippen molar-refractivity contribution < 1.29 is 4.39 Å². The molecule has 0 bridgehead atoms. The molecule has 0 saturated carbocycles. The first-order chi connectivity index (χ1) is 9.65. The maximum Gasteiger partial charge on any atom is 0.123 e. The molecule has 1 aliphatic heterocycles. The van der Waals surface area contributed by atoms with Crippen molar-refractivity contribution in [1.82, 2.24) is 4.90 Å². The summed E-state index contributed by atoms with van der Waals surface area (Å²) in [6.45, 7) is 3.94. The van der Waals surface area contributed by atoms with Crippen LogP contribution in [-0.4, -0.2) is 11.4 Å². The molecule has 0 saturated heterocycles. The summed E-state index contributed by atoms with van der Waals surface area (Å²) in [6.07, 6.45) is 1.00. The topological polar surface area (TPSA) is 29.3 Å². The molecule has 1 aliphatic rings. The normalized spacial score (nSPS) is 16.7. The van der Waals surface area contributed by atoms with E-state index in [0.29, 0.717) is 0 Å². The first kappa shape index (κ1) is 13.1. The average Bonchev–Trinajstić information content (AvgIpc) is 2.47. The molecule has 0 radical (unpaired) electrons. The van der Waals surface area contributed by atoms with E-state index in [1.807, 2.05) is 18.2 Å². The molecule has 0 aromatic heterocycles. The van der Waals surface area contributed by atoms with E-state index in [2.05, 4.69) is 17.9 Å². The van der Waals surface area contributed by atoms with Gasteiger partial charge < -0.3 is 5.73 Å². The van der Waals surface area contributed by atoms with Gasteiger partial charge in [0.15, 0.2) is 0 Å². The van der Waals surface area contributed by atoms with Crippen molar-refractivity contribution in [2.45, 2.75) is 25.9 Å². The van der Waals surface area contributed by atoms with Crippen LogP contribution in [0.3, 0.4) is 0 Å². The van der Waals surface area contributed by atoms with Crippen molar-refractivity contribution in [2.75, 3.05) is 12.3 Å². The molecule has 1 unspecified atom stereocenters. The molecule has 3 rings (SSSR count). The van der Waals surface area contributed by atoms with Gasteiger partial charge in [-0.05, 0) is 48.2 Å². The van der Waals surface area contributed by atoms with Crippen LogP contribution in [0.4, 0.5) is 10.1 Å². The molecule has 1 heterocycles. The third-order valence-electron chi connectivity index (χ3n) is 4.22. The summed E-state index contributed by atoms with van der Waals surface area (Å²) in [7, 11) is 0. The van der Waals surface area contributed by atoms with Crippen molar-refractivity contribution in [1.29, 1.82) is 0 Å². The highest BCUT2D eigenvalue weighted by Crippen LogP contribution is 2.30. The minimum atomic E-state index is -0.175. The van der Waals surface area contributed by atoms with Gasteiger partial charge in [0.25, 0.3) is 0 Å². The third kappa shape index (κ3) is 2.41. The Morgan fingerprint density at radius 2 is 2.00 bits per heavy atom. The van der Waals surface area contributed by atoms with E-state index >= 15 is 0 Å². The molecule has 2 aromatic carbocycles. The summed E-state index contributed by atoms with van der Waals surface area (Å²) in [5.41, 5.74) is 10.5. The number of rotatable bonds is 2. The number of hydrogen-bond donors (Lipinski definition) is 1. The van der Waals surface area contributed by atoms with Crippen LogP contribution in [0.15, 0.2) is 42.5 Å². The lowest BCUT2D eigenvalue weighted by Crippen LogP contribution is -2.33. The number of nitrogens with two attached hydrogens (primary N) is 1. The summed E-state index contributed by atoms with van der Waals surface area (Å²) < 4.78 is 13.4. The summed E-state index contributed by atoms with van der Waals surface area (Å²) >= 11 is 0. The fraction of sp³-hybridized carbons (Fsp3) is 0.294. The number of anilines is 1. The molecule has 2 aromatic rings. The summed E-state index contributed by atoms with van der Waals surface area (Å²) in [6, 6.07) is 13.2. The molecule has 2 N–H and O–H groups in total. The smallest absolute Gasteiger partial charge is 0.123 e. The van der Waals surface area contributed by atoms with Gasteiger partial charge in [0.05, 0.1) is 0 Å². The Balaban J connectivity index is 1.85. The number of fused-ring (bicyclic) bond motifs is 1. The van der Waals surface area contributed by atoms with E-state index < -0.39 is 0 Å². The molecule has 1 atom stereocenters. The Labute approximate surface area is 119 Å². The lowest BCUT2D eigenvalue weighted by atomic mass is 9.95. The van der Waals surface area contributed by atoms with Crippen molar-refractivity contribution in [3.63, 3.8) is 0 Å². The minimum absolute atomic E-state index is 0.175. The first-order valence-electron chi connectivity index (χ1n) is 7.01. The molecule has 0 fully saturated rings. The Morgan fingerprint density at radius 1 is 1.20 bits per heavy atom. The molecule has 104 valence electrons. The monoisotopic (exact) mass is 270 g/mol. The number of benzene rings is 2. The summed E-state index contributed by atoms with van der Waals surface area (Å²) in [4.78, 5) is 2.35. The van der Waals surface area contributed by atoms with Gasteiger partial charge in [-0.3, -0.25) is 4.90 Å². The van der Waals surface area contributed by atoms with Gasteiger partial charge in [0.1, 0.15) is 5.82 Å². The van der Waals surface area contributed by atoms with Crippen LogP contribution in [0.25, 0.3) is 0 Å². The predicted octanol–water partition coefficient (Wildman–Crippen LogP) is 3.53. The predicted molar refractivity (Wildman–Crippen MR) is 79.8 cm³/mol. The second kappa shape index (κ2) is 5.25. The van der Waals surface area contributed by atoms with Crippen LogP contribution in [-0.2, 0) is 13.0 Å². The van der Waals surface area contributed by atoms with Crippen molar-refractivity contribution in [2.24, 2.45) is 0 Å². The van der Waals surface area contributed by atoms with E-state index in [1.54, 1.807) is 12.1 Å². The number of halogens is 1. The van der Waals surface area contributed by atoms with Crippen molar-refractivity contribution in [3.05, 3.63) is 65.0 Å². The molecule has 3 heteroatoms. The van der Waals surface area contributed by atoms with E-state index in [0.717, 1.165) is 30.8 Å². The second-order valence-corrected chi connectivity index (χ2v) is 5.44. The molecular weight excluding hydrogens is 251 g/mol. The van der Waals surface area contributed by atoms with Crippen LogP contribution in [0.5, 0.6) is 0 Å². The van der Waals surface area contributed by atoms with Gasteiger partial charge >= 0.3 is 0 Å². The highest BCUT2D eigenvalue weighted by molar-refractivity contribution is 5.51. The lowest BCUT2D eigenvalue weighted by molar-refractivity contribution is 0.192. The van der Waals surface area contributed by atoms with Gasteiger partial charge in [0, 0.05) is 24.8 Å². The number of hydrogen-bond acceptors (Lipinski definition) is 2. The van der Waals surface area contributed by atoms with Crippen LogP contribution in [0.2, 0.25) is 0 Å². The Hall–Kier alpha value is -1.87. The van der Waals surface area contributed by atoms with Crippen LogP contribution in [0, 0.1) is 5.82 Å². The maximum absolute atomic E-state index is 13.4. The zero-order valence-electron chi connectivity index (χ0n) is 11.6. The van der Waals surface area contributed by atoms with Gasteiger partial charge in [-0.25, -0.2) is 4.39 Å². The zero-order valence-corrected chi connectivity index (χ0v) is 11.6. The van der Waals surface area contributed by atoms with E-state index in [4.69, 9.17) is 5.73 Å². The van der Waals surface area contributed by atoms with E-state index in [-0.39, 0.29) is 11.9 Å². The highest BCUT2D eigenvalue weighted by Gasteiger charge is 2.23. The van der Waals surface area contributed by atoms with Crippen LogP contribution < -0.4 is 5.73 Å². The fourth-order valence-electron chi connectivity index (χ4n) is 2.94. The SMILES string of the molecule is CC(c1cccc(F)c1)N1CCc2cccc(N)c2C1. The molecule has 20 heavy (non-hydrogen) atoms. The summed E-state index contributed by atoms with van der Waals surface area (Å²) in [5.74, 6) is -0.175. The van der Waals surface area contributed by atoms with Gasteiger partial charge in [-0.2, -0.15) is 0 Å². The number of nitrogen functional groups attached to an aromatic ring is 1. The quantitative estimate of drug-likeness (QED) is 0.846. The third-order valence-corrected chi connectivity index (χ3v) is 4.22. The standard InChI is InChI=1S/C17H19FN2/c1-12(14-5-2-6-15(18)10-14)20-9-8-13-4-3-7-17(19)16(13)11-20/h2-7,10,12H,8-9,11,19H2,1H3. The minimum Gasteiger partial charge on any atom is -0.398 e. The lowest BCUT2D eigenvalue weighted by Gasteiger charge is -2.34. The second-order valence-electron chi connectivity index (χ2n) is 5.44. The molecule has 0 aliphatic carbocycles. The Bertz CT molecular complexity index is 624. The van der Waals surface area contributed by atoms with Crippen molar-refractivity contribution >= 4 is 5.69 Å². The van der Waals surface area contributed by atoms with E-state index in [1.165, 1.54) is 17.2 Å². The molecule has 2 nitrogen and oxygen atoms in total. The Kier molecular flexibility index (Phi) is 3.45. The van der Waals surface area contributed by atoms with Crippen LogP contribution in [0.1, 0.15) is 29.7 Å². The van der Waals surface area contributed by atoms with Gasteiger partial charge in [0.2, 0.25) is 0 Å².